The molecule has 0 radical (unpaired) electrons. The van der Waals surface area contributed by atoms with Crippen LogP contribution in [0.4, 0.5) is 4.39 Å². The Morgan fingerprint density at radius 3 is 2.82 bits per heavy atom. The number of halogens is 1. The Labute approximate surface area is 99.8 Å². The molecule has 4 heteroatoms. The van der Waals surface area contributed by atoms with Gasteiger partial charge in [0.25, 0.3) is 0 Å². The first-order valence-corrected chi connectivity index (χ1v) is 5.59. The highest BCUT2D eigenvalue weighted by Gasteiger charge is 2.44. The SMILES string of the molecule is Cc1cc(F)ccc1C(=O)C1(C)COCC1N. The minimum Gasteiger partial charge on any atom is -0.379 e. The van der Waals surface area contributed by atoms with Crippen molar-refractivity contribution in [2.75, 3.05) is 13.2 Å². The number of Topliss-reactive ketones (excluding diaryl/α,β-unsaturated/α-hetero) is 1. The molecule has 1 fully saturated rings. The van der Waals surface area contributed by atoms with Crippen LogP contribution < -0.4 is 5.73 Å². The third kappa shape index (κ3) is 1.98. The van der Waals surface area contributed by atoms with Crippen LogP contribution in [0.5, 0.6) is 0 Å². The van der Waals surface area contributed by atoms with Crippen molar-refractivity contribution in [1.82, 2.24) is 0 Å². The van der Waals surface area contributed by atoms with Crippen molar-refractivity contribution in [2.24, 2.45) is 11.1 Å². The molecule has 1 aliphatic rings. The molecule has 3 nitrogen and oxygen atoms in total. The minimum atomic E-state index is -0.706. The number of hydrogen-bond acceptors (Lipinski definition) is 3. The summed E-state index contributed by atoms with van der Waals surface area (Å²) in [5.74, 6) is -0.406. The molecule has 1 saturated heterocycles. The summed E-state index contributed by atoms with van der Waals surface area (Å²) in [5.41, 5.74) is 6.36. The third-order valence-electron chi connectivity index (χ3n) is 3.47. The first-order valence-electron chi connectivity index (χ1n) is 5.59. The molecule has 17 heavy (non-hydrogen) atoms. The molecule has 2 N–H and O–H groups in total. The largest absolute Gasteiger partial charge is 0.379 e. The quantitative estimate of drug-likeness (QED) is 0.796. The fourth-order valence-electron chi connectivity index (χ4n) is 2.11. The fraction of sp³-hybridized carbons (Fsp3) is 0.462. The normalized spacial score (nSPS) is 28.4. The van der Waals surface area contributed by atoms with Gasteiger partial charge in [0.15, 0.2) is 5.78 Å². The minimum absolute atomic E-state index is 0.0694. The van der Waals surface area contributed by atoms with Gasteiger partial charge < -0.3 is 10.5 Å². The maximum absolute atomic E-state index is 13.0. The van der Waals surface area contributed by atoms with Gasteiger partial charge in [-0.2, -0.15) is 0 Å². The first kappa shape index (κ1) is 12.2. The predicted octanol–water partition coefficient (Wildman–Crippen LogP) is 1.68. The summed E-state index contributed by atoms with van der Waals surface area (Å²) >= 11 is 0. The zero-order valence-electron chi connectivity index (χ0n) is 10.00. The molecular weight excluding hydrogens is 221 g/mol. The van der Waals surface area contributed by atoms with Crippen molar-refractivity contribution in [1.29, 1.82) is 0 Å². The number of rotatable bonds is 2. The van der Waals surface area contributed by atoms with E-state index in [1.807, 2.05) is 0 Å². The van der Waals surface area contributed by atoms with Gasteiger partial charge in [0.2, 0.25) is 0 Å². The van der Waals surface area contributed by atoms with Gasteiger partial charge >= 0.3 is 0 Å². The second-order valence-corrected chi connectivity index (χ2v) is 4.83. The van der Waals surface area contributed by atoms with E-state index < -0.39 is 5.41 Å². The lowest BCUT2D eigenvalue weighted by atomic mass is 9.77. The Morgan fingerprint density at radius 2 is 2.29 bits per heavy atom. The number of benzene rings is 1. The molecule has 0 aromatic heterocycles. The van der Waals surface area contributed by atoms with Gasteiger partial charge in [-0.1, -0.05) is 0 Å². The summed E-state index contributed by atoms with van der Waals surface area (Å²) in [6.45, 7) is 4.24. The van der Waals surface area contributed by atoms with E-state index in [2.05, 4.69) is 0 Å². The number of carbonyl (C=O) groups is 1. The molecule has 2 atom stereocenters. The Bertz CT molecular complexity index is 461. The highest BCUT2D eigenvalue weighted by atomic mass is 19.1. The van der Waals surface area contributed by atoms with Gasteiger partial charge in [0, 0.05) is 11.6 Å². The average Bonchev–Trinajstić information content (AvgIpc) is 2.60. The van der Waals surface area contributed by atoms with Crippen molar-refractivity contribution in [3.8, 4) is 0 Å². The fourth-order valence-corrected chi connectivity index (χ4v) is 2.11. The lowest BCUT2D eigenvalue weighted by Gasteiger charge is -2.25. The third-order valence-corrected chi connectivity index (χ3v) is 3.47. The highest BCUT2D eigenvalue weighted by Crippen LogP contribution is 2.32. The summed E-state index contributed by atoms with van der Waals surface area (Å²) in [7, 11) is 0. The average molecular weight is 237 g/mol. The molecule has 1 aromatic rings. The van der Waals surface area contributed by atoms with Gasteiger partial charge in [0.1, 0.15) is 5.82 Å². The highest BCUT2D eigenvalue weighted by molar-refractivity contribution is 6.02. The van der Waals surface area contributed by atoms with Crippen LogP contribution in [0.25, 0.3) is 0 Å². The Morgan fingerprint density at radius 1 is 1.59 bits per heavy atom. The number of hydrogen-bond donors (Lipinski definition) is 1. The summed E-state index contributed by atoms with van der Waals surface area (Å²) in [5, 5.41) is 0. The lowest BCUT2D eigenvalue weighted by molar-refractivity contribution is 0.0767. The van der Waals surface area contributed by atoms with Crippen LogP contribution in [0.2, 0.25) is 0 Å². The van der Waals surface area contributed by atoms with Gasteiger partial charge in [-0.15, -0.1) is 0 Å². The Kier molecular flexibility index (Phi) is 3.02. The molecule has 1 aliphatic heterocycles. The van der Waals surface area contributed by atoms with E-state index in [1.54, 1.807) is 13.8 Å². The summed E-state index contributed by atoms with van der Waals surface area (Å²) in [6, 6.07) is 3.87. The summed E-state index contributed by atoms with van der Waals surface area (Å²) < 4.78 is 18.3. The lowest BCUT2D eigenvalue weighted by Crippen LogP contribution is -2.44. The van der Waals surface area contributed by atoms with Crippen molar-refractivity contribution in [3.05, 3.63) is 35.1 Å². The van der Waals surface area contributed by atoms with Crippen LogP contribution in [-0.2, 0) is 4.74 Å². The summed E-state index contributed by atoms with van der Waals surface area (Å²) in [6.07, 6.45) is 0. The number of nitrogens with two attached hydrogens (primary N) is 1. The van der Waals surface area contributed by atoms with Gasteiger partial charge in [-0.25, -0.2) is 4.39 Å². The number of aryl methyl sites for hydroxylation is 1. The number of ether oxygens (including phenoxy) is 1. The van der Waals surface area contributed by atoms with Crippen molar-refractivity contribution >= 4 is 5.78 Å². The van der Waals surface area contributed by atoms with E-state index in [0.717, 1.165) is 0 Å². The van der Waals surface area contributed by atoms with E-state index in [1.165, 1.54) is 18.2 Å². The molecule has 92 valence electrons. The molecular formula is C13H16FNO2. The zero-order chi connectivity index (χ0) is 12.6. The van der Waals surface area contributed by atoms with Gasteiger partial charge in [0.05, 0.1) is 18.6 Å². The van der Waals surface area contributed by atoms with E-state index in [-0.39, 0.29) is 17.6 Å². The molecule has 2 rings (SSSR count). The number of carbonyl (C=O) groups excluding carboxylic acids is 1. The van der Waals surface area contributed by atoms with Gasteiger partial charge in [-0.05, 0) is 37.6 Å². The monoisotopic (exact) mass is 237 g/mol. The van der Waals surface area contributed by atoms with Crippen LogP contribution in [0.3, 0.4) is 0 Å². The Balaban J connectivity index is 2.37. The van der Waals surface area contributed by atoms with Crippen LogP contribution in [0, 0.1) is 18.2 Å². The van der Waals surface area contributed by atoms with Crippen molar-refractivity contribution in [3.63, 3.8) is 0 Å². The molecule has 0 spiro atoms. The predicted molar refractivity (Wildman–Crippen MR) is 62.4 cm³/mol. The molecule has 2 unspecified atom stereocenters. The van der Waals surface area contributed by atoms with Crippen LogP contribution in [-0.4, -0.2) is 25.0 Å². The standard InChI is InChI=1S/C13H16FNO2/c1-8-5-9(14)3-4-10(8)12(16)13(2)7-17-6-11(13)15/h3-5,11H,6-7,15H2,1-2H3. The Hall–Kier alpha value is -1.26. The molecule has 1 aromatic carbocycles. The van der Waals surface area contributed by atoms with Crippen molar-refractivity contribution in [2.45, 2.75) is 19.9 Å². The van der Waals surface area contributed by atoms with Crippen LogP contribution in [0.15, 0.2) is 18.2 Å². The molecule has 0 saturated carbocycles. The molecule has 0 amide bonds. The van der Waals surface area contributed by atoms with E-state index in [0.29, 0.717) is 24.3 Å². The summed E-state index contributed by atoms with van der Waals surface area (Å²) in [4.78, 5) is 12.4. The zero-order valence-corrected chi connectivity index (χ0v) is 10.00. The first-order chi connectivity index (χ1) is 7.95. The van der Waals surface area contributed by atoms with E-state index in [9.17, 15) is 9.18 Å². The van der Waals surface area contributed by atoms with Crippen LogP contribution in [0.1, 0.15) is 22.8 Å². The van der Waals surface area contributed by atoms with Crippen molar-refractivity contribution < 1.29 is 13.9 Å². The maximum atomic E-state index is 13.0. The molecule has 0 aliphatic carbocycles. The second-order valence-electron chi connectivity index (χ2n) is 4.83. The smallest absolute Gasteiger partial charge is 0.172 e. The number of ketones is 1. The maximum Gasteiger partial charge on any atom is 0.172 e. The second kappa shape index (κ2) is 4.20. The molecule has 1 heterocycles. The van der Waals surface area contributed by atoms with E-state index >= 15 is 0 Å². The topological polar surface area (TPSA) is 52.3 Å². The van der Waals surface area contributed by atoms with E-state index in [4.69, 9.17) is 10.5 Å². The van der Waals surface area contributed by atoms with Gasteiger partial charge in [-0.3, -0.25) is 4.79 Å². The molecule has 0 bridgehead atoms. The van der Waals surface area contributed by atoms with Crippen LogP contribution >= 0.6 is 0 Å².